The number of hydrogen-bond donors (Lipinski definition) is 0. The Morgan fingerprint density at radius 3 is 2.00 bits per heavy atom. The number of rotatable bonds is 17. The molecule has 0 atom stereocenters. The molecule has 3 nitrogen and oxygen atoms in total. The smallest absolute Gasteiger partial charge is 0.189 e. The van der Waals surface area contributed by atoms with Gasteiger partial charge in [-0.05, 0) is 25.3 Å². The van der Waals surface area contributed by atoms with Gasteiger partial charge in [-0.15, -0.1) is 0 Å². The van der Waals surface area contributed by atoms with Crippen molar-refractivity contribution < 1.29 is 14.3 Å². The predicted molar refractivity (Wildman–Crippen MR) is 92.8 cm³/mol. The van der Waals surface area contributed by atoms with Crippen LogP contribution in [0, 0.1) is 0 Å². The van der Waals surface area contributed by atoms with E-state index in [0.29, 0.717) is 12.4 Å². The first-order valence-corrected chi connectivity index (χ1v) is 9.21. The Balaban J connectivity index is 3.41. The molecular weight excluding hydrogens is 276 g/mol. The van der Waals surface area contributed by atoms with Crippen LogP contribution in [-0.4, -0.2) is 19.7 Å². The molecule has 22 heavy (non-hydrogen) atoms. The Morgan fingerprint density at radius 1 is 0.818 bits per heavy atom. The topological polar surface area (TPSA) is 35.5 Å². The van der Waals surface area contributed by atoms with E-state index in [1.807, 2.05) is 6.08 Å². The molecule has 0 fully saturated rings. The summed E-state index contributed by atoms with van der Waals surface area (Å²) in [6.07, 6.45) is 17.6. The molecule has 130 valence electrons. The van der Waals surface area contributed by atoms with E-state index in [1.165, 1.54) is 51.4 Å². The zero-order chi connectivity index (χ0) is 16.3. The maximum Gasteiger partial charge on any atom is 0.189 e. The minimum Gasteiger partial charge on any atom is -0.464 e. The van der Waals surface area contributed by atoms with Gasteiger partial charge < -0.3 is 9.47 Å². The standard InChI is InChI=1S/C19H36O3/c1-3-5-7-8-9-10-11-12-13-14-15-19(17-20)22-18-21-16-6-4-2/h15,17H,3-14,16,18H2,1-2H3. The van der Waals surface area contributed by atoms with E-state index in [0.717, 1.165) is 32.0 Å². The minimum absolute atomic E-state index is 0.183. The number of allylic oxidation sites excluding steroid dienone is 2. The fourth-order valence-electron chi connectivity index (χ4n) is 2.26. The SMILES string of the molecule is CCCCCCCCCCCC=C(C=O)OCOCCCC. The zero-order valence-electron chi connectivity index (χ0n) is 14.8. The molecule has 0 saturated carbocycles. The Morgan fingerprint density at radius 2 is 1.41 bits per heavy atom. The van der Waals surface area contributed by atoms with Crippen LogP contribution < -0.4 is 0 Å². The van der Waals surface area contributed by atoms with Gasteiger partial charge >= 0.3 is 0 Å². The molecular formula is C19H36O3. The van der Waals surface area contributed by atoms with E-state index in [9.17, 15) is 4.79 Å². The van der Waals surface area contributed by atoms with Crippen LogP contribution in [0.25, 0.3) is 0 Å². The summed E-state index contributed by atoms with van der Waals surface area (Å²) in [5.74, 6) is 0.413. The second-order valence-electron chi connectivity index (χ2n) is 5.87. The van der Waals surface area contributed by atoms with E-state index in [-0.39, 0.29) is 6.79 Å². The Hall–Kier alpha value is -0.830. The largest absolute Gasteiger partial charge is 0.464 e. The van der Waals surface area contributed by atoms with Crippen molar-refractivity contribution in [2.45, 2.75) is 90.9 Å². The number of ether oxygens (including phenoxy) is 2. The summed E-state index contributed by atoms with van der Waals surface area (Å²) in [6.45, 7) is 5.25. The molecule has 0 amide bonds. The van der Waals surface area contributed by atoms with E-state index in [2.05, 4.69) is 13.8 Å². The highest BCUT2D eigenvalue weighted by Crippen LogP contribution is 2.11. The summed E-state index contributed by atoms with van der Waals surface area (Å²) in [5, 5.41) is 0. The van der Waals surface area contributed by atoms with Gasteiger partial charge in [0, 0.05) is 0 Å². The first-order chi connectivity index (χ1) is 10.8. The van der Waals surface area contributed by atoms with Crippen LogP contribution in [-0.2, 0) is 14.3 Å². The molecule has 0 aliphatic rings. The molecule has 3 heteroatoms. The average Bonchev–Trinajstić information content (AvgIpc) is 2.54. The third-order valence-corrected chi connectivity index (χ3v) is 3.72. The first kappa shape index (κ1) is 21.2. The highest BCUT2D eigenvalue weighted by molar-refractivity contribution is 5.69. The van der Waals surface area contributed by atoms with Crippen molar-refractivity contribution in [3.63, 3.8) is 0 Å². The predicted octanol–water partition coefficient (Wildman–Crippen LogP) is 5.78. The fourth-order valence-corrected chi connectivity index (χ4v) is 2.26. The monoisotopic (exact) mass is 312 g/mol. The number of carbonyl (C=O) groups excluding carboxylic acids is 1. The lowest BCUT2D eigenvalue weighted by Gasteiger charge is -2.06. The summed E-state index contributed by atoms with van der Waals surface area (Å²) in [5.41, 5.74) is 0. The van der Waals surface area contributed by atoms with Gasteiger partial charge in [0.1, 0.15) is 0 Å². The normalized spacial score (nSPS) is 11.6. The van der Waals surface area contributed by atoms with Gasteiger partial charge in [0.15, 0.2) is 18.8 Å². The fraction of sp³-hybridized carbons (Fsp3) is 0.842. The Labute approximate surface area is 137 Å². The van der Waals surface area contributed by atoms with Crippen LogP contribution in [0.3, 0.4) is 0 Å². The molecule has 0 heterocycles. The summed E-state index contributed by atoms with van der Waals surface area (Å²) in [7, 11) is 0. The second-order valence-corrected chi connectivity index (χ2v) is 5.87. The molecule has 0 unspecified atom stereocenters. The third kappa shape index (κ3) is 15.6. The molecule has 0 aromatic rings. The van der Waals surface area contributed by atoms with Gasteiger partial charge in [-0.3, -0.25) is 4.79 Å². The molecule has 0 aromatic carbocycles. The van der Waals surface area contributed by atoms with Gasteiger partial charge in [-0.2, -0.15) is 0 Å². The number of aldehydes is 1. The van der Waals surface area contributed by atoms with Crippen molar-refractivity contribution >= 4 is 6.29 Å². The zero-order valence-corrected chi connectivity index (χ0v) is 14.8. The second kappa shape index (κ2) is 18.2. The van der Waals surface area contributed by atoms with Crippen molar-refractivity contribution in [3.05, 3.63) is 11.8 Å². The number of unbranched alkanes of at least 4 members (excludes halogenated alkanes) is 10. The minimum atomic E-state index is 0.183. The van der Waals surface area contributed by atoms with Crippen molar-refractivity contribution in [3.8, 4) is 0 Å². The molecule has 0 radical (unpaired) electrons. The van der Waals surface area contributed by atoms with Crippen LogP contribution in [0.15, 0.2) is 11.8 Å². The molecule has 0 rings (SSSR count). The Kier molecular flexibility index (Phi) is 17.5. The van der Waals surface area contributed by atoms with Gasteiger partial charge in [0.2, 0.25) is 0 Å². The Bertz CT molecular complexity index is 261. The number of hydrogen-bond acceptors (Lipinski definition) is 3. The summed E-state index contributed by atoms with van der Waals surface area (Å²) in [6, 6.07) is 0. The van der Waals surface area contributed by atoms with E-state index in [4.69, 9.17) is 9.47 Å². The average molecular weight is 312 g/mol. The van der Waals surface area contributed by atoms with E-state index in [1.54, 1.807) is 0 Å². The number of carbonyl (C=O) groups is 1. The van der Waals surface area contributed by atoms with Gasteiger partial charge in [0.25, 0.3) is 0 Å². The van der Waals surface area contributed by atoms with Crippen LogP contribution in [0.2, 0.25) is 0 Å². The van der Waals surface area contributed by atoms with Crippen molar-refractivity contribution in [2.75, 3.05) is 13.4 Å². The lowest BCUT2D eigenvalue weighted by Crippen LogP contribution is -2.02. The quantitative estimate of drug-likeness (QED) is 0.112. The first-order valence-electron chi connectivity index (χ1n) is 9.21. The lowest BCUT2D eigenvalue weighted by atomic mass is 10.1. The van der Waals surface area contributed by atoms with Crippen LogP contribution in [0.4, 0.5) is 0 Å². The third-order valence-electron chi connectivity index (χ3n) is 3.72. The summed E-state index contributed by atoms with van der Waals surface area (Å²) < 4.78 is 10.6. The molecule has 0 aliphatic carbocycles. The van der Waals surface area contributed by atoms with Crippen molar-refractivity contribution in [1.82, 2.24) is 0 Å². The van der Waals surface area contributed by atoms with Crippen LogP contribution in [0.5, 0.6) is 0 Å². The van der Waals surface area contributed by atoms with Gasteiger partial charge in [-0.25, -0.2) is 0 Å². The summed E-state index contributed by atoms with van der Waals surface area (Å²) in [4.78, 5) is 10.9. The van der Waals surface area contributed by atoms with Crippen molar-refractivity contribution in [2.24, 2.45) is 0 Å². The summed E-state index contributed by atoms with van der Waals surface area (Å²) >= 11 is 0. The highest BCUT2D eigenvalue weighted by Gasteiger charge is 1.97. The molecule has 0 bridgehead atoms. The van der Waals surface area contributed by atoms with Crippen LogP contribution in [0.1, 0.15) is 90.9 Å². The van der Waals surface area contributed by atoms with E-state index >= 15 is 0 Å². The molecule has 0 aliphatic heterocycles. The molecule has 0 N–H and O–H groups in total. The molecule has 0 spiro atoms. The van der Waals surface area contributed by atoms with Gasteiger partial charge in [0.05, 0.1) is 6.61 Å². The van der Waals surface area contributed by atoms with Crippen molar-refractivity contribution in [1.29, 1.82) is 0 Å². The molecule has 0 aromatic heterocycles. The van der Waals surface area contributed by atoms with Gasteiger partial charge in [-0.1, -0.05) is 71.6 Å². The maximum absolute atomic E-state index is 10.9. The highest BCUT2D eigenvalue weighted by atomic mass is 16.7. The molecule has 0 saturated heterocycles. The maximum atomic E-state index is 10.9. The van der Waals surface area contributed by atoms with E-state index < -0.39 is 0 Å². The lowest BCUT2D eigenvalue weighted by molar-refractivity contribution is -0.111. The van der Waals surface area contributed by atoms with Crippen LogP contribution >= 0.6 is 0 Å².